The van der Waals surface area contributed by atoms with Crippen molar-refractivity contribution in [3.05, 3.63) is 47.1 Å². The van der Waals surface area contributed by atoms with Crippen molar-refractivity contribution < 1.29 is 14.3 Å². The van der Waals surface area contributed by atoms with E-state index >= 15 is 0 Å². The summed E-state index contributed by atoms with van der Waals surface area (Å²) < 4.78 is 5.29. The van der Waals surface area contributed by atoms with E-state index in [0.717, 1.165) is 0 Å². The Morgan fingerprint density at radius 1 is 1.16 bits per heavy atom. The van der Waals surface area contributed by atoms with Crippen molar-refractivity contribution >= 4 is 34.8 Å². The second kappa shape index (κ2) is 8.48. The fourth-order valence-electron chi connectivity index (χ4n) is 1.96. The number of benzene rings is 1. The summed E-state index contributed by atoms with van der Waals surface area (Å²) >= 11 is 6.06. The fraction of sp³-hybridized carbons (Fsp3) is 0.278. The maximum Gasteiger partial charge on any atom is 0.275 e. The number of carbonyl (C=O) groups is 2. The Morgan fingerprint density at radius 2 is 1.84 bits per heavy atom. The van der Waals surface area contributed by atoms with E-state index in [1.165, 1.54) is 0 Å². The number of nitrogens with one attached hydrogen (secondary N) is 2. The molecular formula is C18H20ClN3O3. The lowest BCUT2D eigenvalue weighted by atomic mass is 10.2. The Bertz CT molecular complexity index is 778. The van der Waals surface area contributed by atoms with Crippen LogP contribution in [-0.4, -0.2) is 23.4 Å². The van der Waals surface area contributed by atoms with Gasteiger partial charge in [0, 0.05) is 23.4 Å². The van der Waals surface area contributed by atoms with Gasteiger partial charge in [-0.1, -0.05) is 31.5 Å². The first-order chi connectivity index (χ1) is 11.9. The maximum atomic E-state index is 12.4. The minimum absolute atomic E-state index is 0.0734. The number of aromatic nitrogens is 1. The summed E-state index contributed by atoms with van der Waals surface area (Å²) in [5.74, 6) is -0.367. The normalized spacial score (nSPS) is 10.4. The lowest BCUT2D eigenvalue weighted by Crippen LogP contribution is -2.18. The molecule has 0 spiro atoms. The van der Waals surface area contributed by atoms with Crippen LogP contribution >= 0.6 is 11.6 Å². The molecule has 0 radical (unpaired) electrons. The number of anilines is 2. The van der Waals surface area contributed by atoms with Gasteiger partial charge in [-0.3, -0.25) is 9.59 Å². The Kier molecular flexibility index (Phi) is 6.36. The summed E-state index contributed by atoms with van der Waals surface area (Å²) in [4.78, 5) is 28.3. The van der Waals surface area contributed by atoms with Crippen molar-refractivity contribution in [2.75, 3.05) is 17.2 Å². The van der Waals surface area contributed by atoms with E-state index in [4.69, 9.17) is 16.3 Å². The molecule has 0 unspecified atom stereocenters. The molecule has 0 saturated carbocycles. The van der Waals surface area contributed by atoms with Crippen molar-refractivity contribution in [2.45, 2.75) is 20.8 Å². The van der Waals surface area contributed by atoms with Gasteiger partial charge in [-0.05, 0) is 31.2 Å². The molecule has 0 saturated heterocycles. The summed E-state index contributed by atoms with van der Waals surface area (Å²) in [7, 11) is 0. The average molecular weight is 362 g/mol. The smallest absolute Gasteiger partial charge is 0.275 e. The number of amides is 2. The van der Waals surface area contributed by atoms with Crippen LogP contribution in [0.2, 0.25) is 5.02 Å². The third-order valence-electron chi connectivity index (χ3n) is 3.24. The predicted octanol–water partition coefficient (Wildman–Crippen LogP) is 3.98. The summed E-state index contributed by atoms with van der Waals surface area (Å²) in [5.41, 5.74) is 1.19. The first-order valence-corrected chi connectivity index (χ1v) is 8.30. The Labute approximate surface area is 151 Å². The van der Waals surface area contributed by atoms with Gasteiger partial charge in [0.1, 0.15) is 0 Å². The highest BCUT2D eigenvalue weighted by Gasteiger charge is 2.15. The largest absolute Gasteiger partial charge is 0.478 e. The van der Waals surface area contributed by atoms with Crippen LogP contribution < -0.4 is 15.4 Å². The van der Waals surface area contributed by atoms with Crippen molar-refractivity contribution in [1.29, 1.82) is 0 Å². The van der Waals surface area contributed by atoms with Crippen molar-refractivity contribution in [3.8, 4) is 5.88 Å². The molecule has 132 valence electrons. The standard InChI is InChI=1S/C18H20ClN3O3/c1-4-25-15-9-8-14(19)16(22-15)18(24)21-13-7-5-6-12(10-13)20-17(23)11(2)3/h5-11H,4H2,1-3H3,(H,20,23)(H,21,24). The second-order valence-electron chi connectivity index (χ2n) is 5.59. The number of ether oxygens (including phenoxy) is 1. The van der Waals surface area contributed by atoms with Crippen molar-refractivity contribution in [3.63, 3.8) is 0 Å². The van der Waals surface area contributed by atoms with E-state index in [2.05, 4.69) is 15.6 Å². The summed E-state index contributed by atoms with van der Waals surface area (Å²) in [6, 6.07) is 10.0. The molecule has 1 heterocycles. The van der Waals surface area contributed by atoms with Crippen molar-refractivity contribution in [1.82, 2.24) is 4.98 Å². The Morgan fingerprint density at radius 3 is 2.48 bits per heavy atom. The van der Waals surface area contributed by atoms with Gasteiger partial charge >= 0.3 is 0 Å². The highest BCUT2D eigenvalue weighted by Crippen LogP contribution is 2.21. The molecule has 0 atom stereocenters. The quantitative estimate of drug-likeness (QED) is 0.815. The van der Waals surface area contributed by atoms with Crippen LogP contribution in [0.5, 0.6) is 5.88 Å². The molecule has 25 heavy (non-hydrogen) atoms. The molecule has 7 heteroatoms. The van der Waals surface area contributed by atoms with E-state index < -0.39 is 5.91 Å². The van der Waals surface area contributed by atoms with E-state index in [-0.39, 0.29) is 22.5 Å². The molecule has 2 rings (SSSR count). The monoisotopic (exact) mass is 361 g/mol. The summed E-state index contributed by atoms with van der Waals surface area (Å²) in [5, 5.41) is 5.73. The number of halogens is 1. The van der Waals surface area contributed by atoms with Gasteiger partial charge in [-0.15, -0.1) is 0 Å². The molecule has 0 fully saturated rings. The van der Waals surface area contributed by atoms with Gasteiger partial charge in [0.15, 0.2) is 5.69 Å². The molecule has 2 N–H and O–H groups in total. The van der Waals surface area contributed by atoms with Crippen LogP contribution in [0.15, 0.2) is 36.4 Å². The van der Waals surface area contributed by atoms with Gasteiger partial charge in [-0.25, -0.2) is 4.98 Å². The van der Waals surface area contributed by atoms with Gasteiger partial charge in [0.05, 0.1) is 11.6 Å². The summed E-state index contributed by atoms with van der Waals surface area (Å²) in [6.45, 7) is 5.88. The average Bonchev–Trinajstić information content (AvgIpc) is 2.57. The van der Waals surface area contributed by atoms with Crippen LogP contribution in [0.3, 0.4) is 0 Å². The maximum absolute atomic E-state index is 12.4. The van der Waals surface area contributed by atoms with Crippen LogP contribution in [0.4, 0.5) is 11.4 Å². The third-order valence-corrected chi connectivity index (χ3v) is 3.55. The zero-order valence-corrected chi connectivity index (χ0v) is 15.1. The predicted molar refractivity (Wildman–Crippen MR) is 98.3 cm³/mol. The van der Waals surface area contributed by atoms with Crippen LogP contribution in [0, 0.1) is 5.92 Å². The highest BCUT2D eigenvalue weighted by atomic mass is 35.5. The number of nitrogens with zero attached hydrogens (tertiary/aromatic N) is 1. The fourth-order valence-corrected chi connectivity index (χ4v) is 2.15. The molecule has 0 aliphatic carbocycles. The van der Waals surface area contributed by atoms with E-state index in [9.17, 15) is 9.59 Å². The first kappa shape index (κ1) is 18.7. The first-order valence-electron chi connectivity index (χ1n) is 7.92. The minimum atomic E-state index is -0.459. The molecule has 0 aliphatic rings. The molecule has 1 aromatic carbocycles. The number of hydrogen-bond acceptors (Lipinski definition) is 4. The number of pyridine rings is 1. The summed E-state index contributed by atoms with van der Waals surface area (Å²) in [6.07, 6.45) is 0. The third kappa shape index (κ3) is 5.19. The Balaban J connectivity index is 2.15. The van der Waals surface area contributed by atoms with E-state index in [1.54, 1.807) is 50.2 Å². The van der Waals surface area contributed by atoms with Gasteiger partial charge in [0.2, 0.25) is 11.8 Å². The van der Waals surface area contributed by atoms with Crippen LogP contribution in [-0.2, 0) is 4.79 Å². The minimum Gasteiger partial charge on any atom is -0.478 e. The molecule has 0 bridgehead atoms. The molecule has 1 aromatic heterocycles. The number of hydrogen-bond donors (Lipinski definition) is 2. The van der Waals surface area contributed by atoms with Gasteiger partial charge in [-0.2, -0.15) is 0 Å². The van der Waals surface area contributed by atoms with Crippen LogP contribution in [0.1, 0.15) is 31.3 Å². The van der Waals surface area contributed by atoms with Crippen molar-refractivity contribution in [2.24, 2.45) is 5.92 Å². The zero-order valence-electron chi connectivity index (χ0n) is 14.3. The molecular weight excluding hydrogens is 342 g/mol. The highest BCUT2D eigenvalue weighted by molar-refractivity contribution is 6.34. The number of carbonyl (C=O) groups excluding carboxylic acids is 2. The SMILES string of the molecule is CCOc1ccc(Cl)c(C(=O)Nc2cccc(NC(=O)C(C)C)c2)n1. The van der Waals surface area contributed by atoms with E-state index in [0.29, 0.717) is 23.9 Å². The Hall–Kier alpha value is -2.60. The molecule has 0 aliphatic heterocycles. The lowest BCUT2D eigenvalue weighted by molar-refractivity contribution is -0.118. The number of rotatable bonds is 6. The molecule has 2 amide bonds. The van der Waals surface area contributed by atoms with E-state index in [1.807, 2.05) is 6.92 Å². The van der Waals surface area contributed by atoms with Gasteiger partial charge in [0.25, 0.3) is 5.91 Å². The lowest BCUT2D eigenvalue weighted by Gasteiger charge is -2.11. The zero-order chi connectivity index (χ0) is 18.4. The van der Waals surface area contributed by atoms with Crippen LogP contribution in [0.25, 0.3) is 0 Å². The molecule has 2 aromatic rings. The second-order valence-corrected chi connectivity index (χ2v) is 6.00. The molecule has 6 nitrogen and oxygen atoms in total. The van der Waals surface area contributed by atoms with Gasteiger partial charge < -0.3 is 15.4 Å². The topological polar surface area (TPSA) is 80.3 Å².